The predicted molar refractivity (Wildman–Crippen MR) is 147 cm³/mol. The molecule has 1 N–H and O–H groups in total. The van der Waals surface area contributed by atoms with Crippen LogP contribution in [0.2, 0.25) is 0 Å². The highest BCUT2D eigenvalue weighted by atomic mass is 19.1. The van der Waals surface area contributed by atoms with Gasteiger partial charge < -0.3 is 10.2 Å². The maximum Gasteiger partial charge on any atom is 0.329 e. The van der Waals surface area contributed by atoms with Crippen LogP contribution in [-0.4, -0.2) is 44.6 Å². The maximum absolute atomic E-state index is 15.0. The van der Waals surface area contributed by atoms with E-state index in [4.69, 9.17) is 0 Å². The maximum atomic E-state index is 15.0. The standard InChI is InChI=1S/C31H30F2N4O3/c1-35-25-9-5-6-10-26(25)37(31(35)40)18-28(38)36-17-22(32)16-27(36)30(39)34-29(20-7-3-2-4-8-20)21-13-14-23(19-11-12-19)24(33)15-21/h2-10,13-15,19,22,27,29H,11-12,16-18H2,1H3,(H,34,39). The molecule has 1 saturated heterocycles. The number of imidazole rings is 1. The lowest BCUT2D eigenvalue weighted by Crippen LogP contribution is -2.48. The first-order chi connectivity index (χ1) is 19.3. The van der Waals surface area contributed by atoms with Crippen LogP contribution in [0.3, 0.4) is 0 Å². The minimum absolute atomic E-state index is 0.154. The summed E-state index contributed by atoms with van der Waals surface area (Å²) in [7, 11) is 1.62. The van der Waals surface area contributed by atoms with Crippen LogP contribution < -0.4 is 11.0 Å². The fraction of sp³-hybridized carbons (Fsp3) is 0.323. The van der Waals surface area contributed by atoms with Crippen LogP contribution >= 0.6 is 0 Å². The number of hydrogen-bond donors (Lipinski definition) is 1. The molecule has 1 aliphatic carbocycles. The number of hydrogen-bond acceptors (Lipinski definition) is 3. The van der Waals surface area contributed by atoms with Crippen molar-refractivity contribution in [2.45, 2.75) is 50.0 Å². The largest absolute Gasteiger partial charge is 0.343 e. The van der Waals surface area contributed by atoms with Gasteiger partial charge in [0.1, 0.15) is 24.6 Å². The van der Waals surface area contributed by atoms with E-state index in [-0.39, 0.29) is 36.9 Å². The highest BCUT2D eigenvalue weighted by Crippen LogP contribution is 2.42. The number of aromatic nitrogens is 2. The van der Waals surface area contributed by atoms with Gasteiger partial charge >= 0.3 is 5.69 Å². The van der Waals surface area contributed by atoms with Crippen LogP contribution in [-0.2, 0) is 23.2 Å². The van der Waals surface area contributed by atoms with Gasteiger partial charge in [0.2, 0.25) is 11.8 Å². The zero-order valence-electron chi connectivity index (χ0n) is 22.1. The molecule has 0 bridgehead atoms. The van der Waals surface area contributed by atoms with E-state index in [0.717, 1.165) is 18.4 Å². The summed E-state index contributed by atoms with van der Waals surface area (Å²) in [6.07, 6.45) is 0.402. The Bertz CT molecular complexity index is 1640. The number of amides is 2. The van der Waals surface area contributed by atoms with Crippen LogP contribution in [0.25, 0.3) is 11.0 Å². The molecule has 2 heterocycles. The number of rotatable bonds is 7. The van der Waals surface area contributed by atoms with Gasteiger partial charge in [0.25, 0.3) is 0 Å². The number of alkyl halides is 1. The van der Waals surface area contributed by atoms with Gasteiger partial charge in [0, 0.05) is 13.5 Å². The van der Waals surface area contributed by atoms with Gasteiger partial charge in [0.15, 0.2) is 0 Å². The van der Waals surface area contributed by atoms with Gasteiger partial charge in [-0.3, -0.25) is 18.7 Å². The number of likely N-dealkylation sites (tertiary alicyclic amines) is 1. The van der Waals surface area contributed by atoms with Crippen molar-refractivity contribution in [3.63, 3.8) is 0 Å². The first kappa shape index (κ1) is 26.0. The van der Waals surface area contributed by atoms with Crippen molar-refractivity contribution in [1.29, 1.82) is 0 Å². The lowest BCUT2D eigenvalue weighted by molar-refractivity contribution is -0.139. The molecule has 3 aromatic carbocycles. The molecule has 1 saturated carbocycles. The summed E-state index contributed by atoms with van der Waals surface area (Å²) in [5.74, 6) is -1.11. The molecular formula is C31H30F2N4O3. The number of nitrogens with zero attached hydrogens (tertiary/aromatic N) is 3. The number of para-hydroxylation sites is 2. The molecule has 2 fully saturated rings. The molecule has 1 aromatic heterocycles. The Balaban J connectivity index is 1.26. The van der Waals surface area contributed by atoms with Crippen molar-refractivity contribution in [2.75, 3.05) is 6.54 Å². The van der Waals surface area contributed by atoms with E-state index in [1.165, 1.54) is 20.1 Å². The Morgan fingerprint density at radius 1 is 0.975 bits per heavy atom. The monoisotopic (exact) mass is 544 g/mol. The second kappa shape index (κ2) is 10.4. The number of nitrogens with one attached hydrogen (secondary N) is 1. The van der Waals surface area contributed by atoms with Gasteiger partial charge in [-0.2, -0.15) is 0 Å². The van der Waals surface area contributed by atoms with E-state index >= 15 is 0 Å². The molecule has 9 heteroatoms. The molecule has 40 heavy (non-hydrogen) atoms. The molecule has 0 radical (unpaired) electrons. The fourth-order valence-electron chi connectivity index (χ4n) is 5.74. The van der Waals surface area contributed by atoms with Gasteiger partial charge in [-0.05, 0) is 53.6 Å². The van der Waals surface area contributed by atoms with Crippen LogP contribution in [0, 0.1) is 5.82 Å². The van der Waals surface area contributed by atoms with E-state index in [0.29, 0.717) is 22.2 Å². The van der Waals surface area contributed by atoms with Crippen molar-refractivity contribution >= 4 is 22.8 Å². The highest BCUT2D eigenvalue weighted by Gasteiger charge is 2.41. The Kier molecular flexibility index (Phi) is 6.73. The number of aryl methyl sites for hydroxylation is 1. The summed E-state index contributed by atoms with van der Waals surface area (Å²) in [4.78, 5) is 41.1. The summed E-state index contributed by atoms with van der Waals surface area (Å²) < 4.78 is 32.5. The van der Waals surface area contributed by atoms with Crippen LogP contribution in [0.4, 0.5) is 8.78 Å². The zero-order chi connectivity index (χ0) is 28.0. The van der Waals surface area contributed by atoms with Crippen molar-refractivity contribution in [3.05, 3.63) is 106 Å². The van der Waals surface area contributed by atoms with E-state index < -0.39 is 30.1 Å². The number of carbonyl (C=O) groups excluding carboxylic acids is 2. The molecule has 4 aromatic rings. The lowest BCUT2D eigenvalue weighted by Gasteiger charge is -2.27. The topological polar surface area (TPSA) is 76.3 Å². The molecule has 2 amide bonds. The van der Waals surface area contributed by atoms with Gasteiger partial charge in [0.05, 0.1) is 23.6 Å². The normalized spacial score (nSPS) is 19.6. The molecule has 206 valence electrons. The third-order valence-electron chi connectivity index (χ3n) is 8.01. The molecule has 3 atom stereocenters. The minimum atomic E-state index is -1.38. The predicted octanol–water partition coefficient (Wildman–Crippen LogP) is 4.20. The third kappa shape index (κ3) is 4.80. The van der Waals surface area contributed by atoms with Gasteiger partial charge in [-0.1, -0.05) is 54.6 Å². The summed E-state index contributed by atoms with van der Waals surface area (Å²) in [6.45, 7) is -0.552. The van der Waals surface area contributed by atoms with Crippen LogP contribution in [0.1, 0.15) is 47.9 Å². The average molecular weight is 545 g/mol. The number of fused-ring (bicyclic) bond motifs is 1. The molecule has 0 spiro atoms. The fourth-order valence-corrected chi connectivity index (χ4v) is 5.74. The Morgan fingerprint density at radius 2 is 1.68 bits per heavy atom. The first-order valence-electron chi connectivity index (χ1n) is 13.5. The van der Waals surface area contributed by atoms with Crippen molar-refractivity contribution < 1.29 is 18.4 Å². The van der Waals surface area contributed by atoms with Crippen molar-refractivity contribution in [3.8, 4) is 0 Å². The SMILES string of the molecule is Cn1c(=O)n(CC(=O)N2CC(F)CC2C(=O)NC(c2ccccc2)c2ccc(C3CC3)c(F)c2)c2ccccc21. The summed E-state index contributed by atoms with van der Waals surface area (Å²) in [5, 5.41) is 2.96. The van der Waals surface area contributed by atoms with E-state index in [9.17, 15) is 23.2 Å². The smallest absolute Gasteiger partial charge is 0.329 e. The molecule has 7 nitrogen and oxygen atoms in total. The average Bonchev–Trinajstić information content (AvgIpc) is 3.69. The second-order valence-corrected chi connectivity index (χ2v) is 10.7. The van der Waals surface area contributed by atoms with Crippen molar-refractivity contribution in [1.82, 2.24) is 19.4 Å². The van der Waals surface area contributed by atoms with Crippen LogP contribution in [0.15, 0.2) is 77.6 Å². The third-order valence-corrected chi connectivity index (χ3v) is 8.01. The number of carbonyl (C=O) groups is 2. The number of halogens is 2. The van der Waals surface area contributed by atoms with Crippen molar-refractivity contribution in [2.24, 2.45) is 7.05 Å². The van der Waals surface area contributed by atoms with E-state index in [2.05, 4.69) is 5.32 Å². The zero-order valence-corrected chi connectivity index (χ0v) is 22.1. The van der Waals surface area contributed by atoms with Gasteiger partial charge in [-0.15, -0.1) is 0 Å². The summed E-state index contributed by atoms with van der Waals surface area (Å²) in [5.41, 5.74) is 2.87. The van der Waals surface area contributed by atoms with Gasteiger partial charge in [-0.25, -0.2) is 13.6 Å². The summed E-state index contributed by atoms with van der Waals surface area (Å²) >= 11 is 0. The lowest BCUT2D eigenvalue weighted by atomic mass is 9.96. The minimum Gasteiger partial charge on any atom is -0.343 e. The molecule has 6 rings (SSSR count). The Labute approximate surface area is 230 Å². The molecule has 3 unspecified atom stereocenters. The molecule has 2 aliphatic rings. The van der Waals surface area contributed by atoms with E-state index in [1.807, 2.05) is 36.4 Å². The van der Waals surface area contributed by atoms with Crippen LogP contribution in [0.5, 0.6) is 0 Å². The molecule has 1 aliphatic heterocycles. The quantitative estimate of drug-likeness (QED) is 0.379. The Morgan fingerprint density at radius 3 is 2.38 bits per heavy atom. The number of benzene rings is 3. The highest BCUT2D eigenvalue weighted by molar-refractivity contribution is 5.89. The van der Waals surface area contributed by atoms with E-state index in [1.54, 1.807) is 37.4 Å². The molecular weight excluding hydrogens is 514 g/mol. The first-order valence-corrected chi connectivity index (χ1v) is 13.5. The Hall–Kier alpha value is -4.27. The summed E-state index contributed by atoms with van der Waals surface area (Å²) in [6, 6.07) is 19.6. The second-order valence-electron chi connectivity index (χ2n) is 10.7.